The first-order valence-electron chi connectivity index (χ1n) is 11.7. The minimum absolute atomic E-state index is 0.207. The Kier molecular flexibility index (Phi) is 8.24. The molecular weight excluding hydrogens is 515 g/mol. The molecule has 1 amide bonds. The average molecular weight is 544 g/mol. The lowest BCUT2D eigenvalue weighted by Crippen LogP contribution is -2.33. The number of benzene rings is 1. The van der Waals surface area contributed by atoms with Crippen LogP contribution in [0.4, 0.5) is 18.0 Å². The molecular formula is C24H28F3N3O6S. The maximum atomic E-state index is 13.8. The van der Waals surface area contributed by atoms with Crippen LogP contribution in [0.15, 0.2) is 27.6 Å². The molecule has 2 aliphatic carbocycles. The van der Waals surface area contributed by atoms with Gasteiger partial charge in [-0.1, -0.05) is 11.2 Å². The Balaban J connectivity index is 0.000000356. The predicted octanol–water partition coefficient (Wildman–Crippen LogP) is 5.02. The summed E-state index contributed by atoms with van der Waals surface area (Å²) in [5.41, 5.74) is -0.791. The molecule has 9 nitrogen and oxygen atoms in total. The maximum absolute atomic E-state index is 13.8. The summed E-state index contributed by atoms with van der Waals surface area (Å²) in [7, 11) is -4.15. The third-order valence-corrected chi connectivity index (χ3v) is 8.68. The number of hydrogen-bond acceptors (Lipinski definition) is 7. The number of rotatable bonds is 6. The molecule has 2 fully saturated rings. The molecule has 37 heavy (non-hydrogen) atoms. The van der Waals surface area contributed by atoms with E-state index in [4.69, 9.17) is 19.6 Å². The molecule has 1 aromatic heterocycles. The van der Waals surface area contributed by atoms with Gasteiger partial charge in [0.2, 0.25) is 0 Å². The highest BCUT2D eigenvalue weighted by molar-refractivity contribution is 7.92. The Morgan fingerprint density at radius 1 is 1.32 bits per heavy atom. The number of carboxylic acid groups (broad SMARTS) is 1. The number of nitrogens with zero attached hydrogens (tertiary/aromatic N) is 2. The summed E-state index contributed by atoms with van der Waals surface area (Å²) < 4.78 is 77.7. The monoisotopic (exact) mass is 543 g/mol. The number of aryl methyl sites for hydroxylation is 2. The summed E-state index contributed by atoms with van der Waals surface area (Å²) in [6.45, 7) is 5.46. The van der Waals surface area contributed by atoms with Gasteiger partial charge in [-0.25, -0.2) is 13.2 Å². The third kappa shape index (κ3) is 6.42. The largest absolute Gasteiger partial charge is 0.465 e. The molecule has 0 spiro atoms. The Morgan fingerprint density at radius 3 is 2.46 bits per heavy atom. The van der Waals surface area contributed by atoms with Crippen LogP contribution in [0.5, 0.6) is 0 Å². The van der Waals surface area contributed by atoms with Crippen molar-refractivity contribution in [2.24, 2.45) is 0 Å². The summed E-state index contributed by atoms with van der Waals surface area (Å²) in [6, 6.07) is 5.19. The zero-order valence-corrected chi connectivity index (χ0v) is 21.4. The first-order valence-corrected chi connectivity index (χ1v) is 13.2. The highest BCUT2D eigenvalue weighted by atomic mass is 32.2. The van der Waals surface area contributed by atoms with Crippen molar-refractivity contribution in [2.45, 2.75) is 80.8 Å². The van der Waals surface area contributed by atoms with E-state index < -0.39 is 43.4 Å². The van der Waals surface area contributed by atoms with Gasteiger partial charge in [0, 0.05) is 12.2 Å². The van der Waals surface area contributed by atoms with E-state index in [1.54, 1.807) is 20.8 Å². The smallest absolute Gasteiger partial charge is 0.417 e. The fraction of sp³-hybridized carbons (Fsp3) is 0.542. The summed E-state index contributed by atoms with van der Waals surface area (Å²) >= 11 is 0. The number of nitrogens with one attached hydrogen (secondary N) is 1. The van der Waals surface area contributed by atoms with E-state index in [1.807, 2.05) is 6.07 Å². The van der Waals surface area contributed by atoms with E-state index in [1.165, 1.54) is 6.07 Å². The lowest BCUT2D eigenvalue weighted by Gasteiger charge is -2.18. The molecule has 1 aromatic carbocycles. The molecule has 0 saturated heterocycles. The van der Waals surface area contributed by atoms with Crippen molar-refractivity contribution in [3.63, 3.8) is 0 Å². The molecule has 202 valence electrons. The van der Waals surface area contributed by atoms with Gasteiger partial charge in [0.25, 0.3) is 0 Å². The van der Waals surface area contributed by atoms with Crippen molar-refractivity contribution >= 4 is 15.9 Å². The van der Waals surface area contributed by atoms with Crippen molar-refractivity contribution < 1.29 is 40.8 Å². The van der Waals surface area contributed by atoms with Gasteiger partial charge in [-0.2, -0.15) is 18.4 Å². The first-order chi connectivity index (χ1) is 17.2. The van der Waals surface area contributed by atoms with Crippen LogP contribution in [0, 0.1) is 25.2 Å². The van der Waals surface area contributed by atoms with E-state index in [0.717, 1.165) is 12.1 Å². The number of alkyl halides is 3. The van der Waals surface area contributed by atoms with Gasteiger partial charge in [0.05, 0.1) is 33.6 Å². The number of nitriles is 1. The normalized spacial score (nSPS) is 20.5. The van der Waals surface area contributed by atoms with Gasteiger partial charge in [-0.05, 0) is 70.6 Å². The lowest BCUT2D eigenvalue weighted by molar-refractivity contribution is -0.139. The summed E-state index contributed by atoms with van der Waals surface area (Å²) in [5.74, 6) is 0.372. The second-order valence-electron chi connectivity index (χ2n) is 9.09. The van der Waals surface area contributed by atoms with E-state index in [-0.39, 0.29) is 24.5 Å². The molecule has 13 heteroatoms. The van der Waals surface area contributed by atoms with Crippen LogP contribution in [-0.2, 0) is 20.8 Å². The quantitative estimate of drug-likeness (QED) is 0.517. The van der Waals surface area contributed by atoms with Crippen LogP contribution in [0.1, 0.15) is 56.0 Å². The second kappa shape index (κ2) is 10.7. The van der Waals surface area contributed by atoms with E-state index in [9.17, 15) is 26.4 Å². The highest BCUT2D eigenvalue weighted by Gasteiger charge is 2.45. The van der Waals surface area contributed by atoms with Crippen LogP contribution in [0.3, 0.4) is 0 Å². The summed E-state index contributed by atoms with van der Waals surface area (Å²) in [6.07, 6.45) is -3.85. The predicted molar refractivity (Wildman–Crippen MR) is 125 cm³/mol. The lowest BCUT2D eigenvalue weighted by atomic mass is 10.0. The third-order valence-electron chi connectivity index (χ3n) is 6.40. The molecule has 0 radical (unpaired) electrons. The van der Waals surface area contributed by atoms with E-state index in [2.05, 4.69) is 10.5 Å². The van der Waals surface area contributed by atoms with Crippen molar-refractivity contribution in [1.82, 2.24) is 10.5 Å². The Morgan fingerprint density at radius 2 is 2.00 bits per heavy atom. The van der Waals surface area contributed by atoms with Gasteiger partial charge >= 0.3 is 12.3 Å². The Hall–Kier alpha value is -3.11. The van der Waals surface area contributed by atoms with Crippen LogP contribution < -0.4 is 5.32 Å². The molecule has 2 aliphatic rings. The molecule has 1 heterocycles. The second-order valence-corrected chi connectivity index (χ2v) is 11.3. The van der Waals surface area contributed by atoms with Crippen molar-refractivity contribution in [3.05, 3.63) is 35.2 Å². The molecule has 2 saturated carbocycles. The average Bonchev–Trinajstić information content (AvgIpc) is 3.25. The molecule has 2 N–H and O–H groups in total. The minimum Gasteiger partial charge on any atom is -0.465 e. The zero-order valence-electron chi connectivity index (χ0n) is 20.6. The first kappa shape index (κ1) is 28.5. The van der Waals surface area contributed by atoms with Crippen LogP contribution >= 0.6 is 0 Å². The molecule has 0 bridgehead atoms. The van der Waals surface area contributed by atoms with E-state index in [0.29, 0.717) is 42.9 Å². The summed E-state index contributed by atoms with van der Waals surface area (Å²) in [5, 5.41) is 21.5. The fourth-order valence-corrected chi connectivity index (χ4v) is 6.41. The van der Waals surface area contributed by atoms with Crippen molar-refractivity contribution in [2.75, 3.05) is 6.61 Å². The number of hydrogen-bond donors (Lipinski definition) is 2. The SMILES string of the molecule is CCO[C@H]1CC[C@H](S(=O)(=O)c2ccc(-c3c(C)noc3C)cc2C(F)(F)F)C1.N#CC1(NC(=O)O)CC1. The van der Waals surface area contributed by atoms with Crippen LogP contribution in [0.25, 0.3) is 11.1 Å². The number of carbonyl (C=O) groups is 1. The fourth-order valence-electron chi connectivity index (χ4n) is 4.39. The van der Waals surface area contributed by atoms with Crippen LogP contribution in [0.2, 0.25) is 0 Å². The number of aromatic nitrogens is 1. The number of amides is 1. The van der Waals surface area contributed by atoms with Gasteiger partial charge in [0.15, 0.2) is 9.84 Å². The Labute approximate surface area is 212 Å². The molecule has 2 aromatic rings. The minimum atomic E-state index is -4.81. The molecule has 0 unspecified atom stereocenters. The molecule has 2 atom stereocenters. The zero-order chi connectivity index (χ0) is 27.6. The number of ether oxygens (including phenoxy) is 1. The van der Waals surface area contributed by atoms with Gasteiger partial charge in [-0.3, -0.25) is 0 Å². The maximum Gasteiger partial charge on any atom is 0.417 e. The van der Waals surface area contributed by atoms with E-state index >= 15 is 0 Å². The van der Waals surface area contributed by atoms with Crippen molar-refractivity contribution in [3.8, 4) is 17.2 Å². The van der Waals surface area contributed by atoms with Gasteiger partial charge < -0.3 is 19.7 Å². The molecule has 0 aliphatic heterocycles. The standard InChI is InChI=1S/C19H22F3NO4S.C5H6N2O2/c1-4-26-14-6-7-15(10-14)28(24,25)17-8-5-13(9-16(17)19(20,21)22)18-11(2)23-27-12(18)3;6-3-5(1-2-5)7-4(8)9/h5,8-9,14-15H,4,6-7,10H2,1-3H3;7H,1-2H2,(H,8,9)/t14-,15-;/m0./s1. The molecule has 4 rings (SSSR count). The number of halogens is 3. The highest BCUT2D eigenvalue weighted by Crippen LogP contribution is 2.41. The van der Waals surface area contributed by atoms with Gasteiger partial charge in [-0.15, -0.1) is 0 Å². The summed E-state index contributed by atoms with van der Waals surface area (Å²) in [4.78, 5) is 9.27. The van der Waals surface area contributed by atoms with Crippen LogP contribution in [-0.4, -0.2) is 48.3 Å². The Bertz CT molecular complexity index is 1280. The van der Waals surface area contributed by atoms with Crippen molar-refractivity contribution in [1.29, 1.82) is 5.26 Å². The topological polar surface area (TPSA) is 143 Å². The van der Waals surface area contributed by atoms with Gasteiger partial charge in [0.1, 0.15) is 11.3 Å². The number of sulfone groups is 1.